The van der Waals surface area contributed by atoms with Crippen LogP contribution < -0.4 is 5.32 Å². The van der Waals surface area contributed by atoms with Crippen molar-refractivity contribution in [3.63, 3.8) is 0 Å². The maximum atomic E-state index is 12.9. The maximum absolute atomic E-state index is 12.9. The van der Waals surface area contributed by atoms with Gasteiger partial charge in [-0.3, -0.25) is 19.3 Å². The fraction of sp³-hybridized carbons (Fsp3) is 0.591. The highest BCUT2D eigenvalue weighted by Gasteiger charge is 2.36. The Morgan fingerprint density at radius 3 is 2.52 bits per heavy atom. The maximum Gasteiger partial charge on any atom is 0.242 e. The van der Waals surface area contributed by atoms with Gasteiger partial charge in [0, 0.05) is 38.8 Å². The fourth-order valence-electron chi connectivity index (χ4n) is 4.79. The summed E-state index contributed by atoms with van der Waals surface area (Å²) in [6, 6.07) is 9.86. The Labute approximate surface area is 172 Å². The molecule has 7 heteroatoms. The van der Waals surface area contributed by atoms with E-state index in [1.165, 1.54) is 12.8 Å². The third-order valence-electron chi connectivity index (χ3n) is 6.41. The summed E-state index contributed by atoms with van der Waals surface area (Å²) in [6.07, 6.45) is 4.65. The summed E-state index contributed by atoms with van der Waals surface area (Å²) in [6.45, 7) is 3.26. The van der Waals surface area contributed by atoms with Crippen molar-refractivity contribution in [1.82, 2.24) is 20.0 Å². The molecular formula is C22H30N4O3. The molecule has 1 aliphatic carbocycles. The first-order valence-corrected chi connectivity index (χ1v) is 10.7. The van der Waals surface area contributed by atoms with Gasteiger partial charge < -0.3 is 15.1 Å². The van der Waals surface area contributed by atoms with Crippen LogP contribution in [0.15, 0.2) is 30.3 Å². The monoisotopic (exact) mass is 398 g/mol. The number of nitrogens with one attached hydrogen (secondary N) is 1. The molecule has 156 valence electrons. The van der Waals surface area contributed by atoms with Crippen molar-refractivity contribution < 1.29 is 14.4 Å². The smallest absolute Gasteiger partial charge is 0.242 e. The quantitative estimate of drug-likeness (QED) is 0.803. The third kappa shape index (κ3) is 4.61. The molecule has 3 aliphatic rings. The molecule has 0 unspecified atom stereocenters. The van der Waals surface area contributed by atoms with Crippen LogP contribution in [0.25, 0.3) is 0 Å². The van der Waals surface area contributed by atoms with E-state index >= 15 is 0 Å². The number of amides is 3. The average Bonchev–Trinajstić information content (AvgIpc) is 3.25. The van der Waals surface area contributed by atoms with Crippen LogP contribution in [0.4, 0.5) is 0 Å². The summed E-state index contributed by atoms with van der Waals surface area (Å²) in [5, 5.41) is 2.88. The molecule has 0 spiro atoms. The molecule has 1 atom stereocenters. The van der Waals surface area contributed by atoms with Crippen molar-refractivity contribution in [3.05, 3.63) is 35.9 Å². The molecule has 1 aromatic carbocycles. The Kier molecular flexibility index (Phi) is 6.13. The molecule has 1 saturated carbocycles. The highest BCUT2D eigenvalue weighted by atomic mass is 16.2. The second-order valence-electron chi connectivity index (χ2n) is 8.31. The Morgan fingerprint density at radius 1 is 1.03 bits per heavy atom. The van der Waals surface area contributed by atoms with Crippen molar-refractivity contribution in [1.29, 1.82) is 0 Å². The Hall–Kier alpha value is -2.41. The van der Waals surface area contributed by atoms with E-state index in [1.54, 1.807) is 4.90 Å². The highest BCUT2D eigenvalue weighted by Crippen LogP contribution is 2.25. The van der Waals surface area contributed by atoms with Gasteiger partial charge in [0.2, 0.25) is 17.7 Å². The van der Waals surface area contributed by atoms with Crippen molar-refractivity contribution >= 4 is 17.7 Å². The molecule has 7 nitrogen and oxygen atoms in total. The molecule has 1 N–H and O–H groups in total. The standard InChI is InChI=1S/C22H30N4O3/c27-20(25-12-13-26(21(28)16-25)18-8-4-5-9-18)14-19-22(29)23-10-11-24(19)15-17-6-2-1-3-7-17/h1-3,6-7,18-19H,4-5,8-16H2,(H,23,29)/t19-/m1/s1. The van der Waals surface area contributed by atoms with E-state index < -0.39 is 6.04 Å². The largest absolute Gasteiger partial charge is 0.353 e. The molecule has 4 rings (SSSR count). The normalized spacial score (nSPS) is 24.1. The van der Waals surface area contributed by atoms with Crippen molar-refractivity contribution in [2.24, 2.45) is 0 Å². The summed E-state index contributed by atoms with van der Waals surface area (Å²) in [4.78, 5) is 43.7. The Balaban J connectivity index is 1.36. The number of rotatable bonds is 5. The van der Waals surface area contributed by atoms with Gasteiger partial charge in [-0.05, 0) is 18.4 Å². The summed E-state index contributed by atoms with van der Waals surface area (Å²) >= 11 is 0. The number of carbonyl (C=O) groups is 3. The lowest BCUT2D eigenvalue weighted by atomic mass is 10.1. The van der Waals surface area contributed by atoms with Crippen molar-refractivity contribution in [2.45, 2.75) is 50.7 Å². The van der Waals surface area contributed by atoms with Gasteiger partial charge in [0.15, 0.2) is 0 Å². The van der Waals surface area contributed by atoms with E-state index in [1.807, 2.05) is 35.2 Å². The van der Waals surface area contributed by atoms with Crippen LogP contribution >= 0.6 is 0 Å². The molecule has 2 saturated heterocycles. The van der Waals surface area contributed by atoms with Crippen LogP contribution in [-0.4, -0.2) is 77.2 Å². The topological polar surface area (TPSA) is 73.0 Å². The molecule has 29 heavy (non-hydrogen) atoms. The van der Waals surface area contributed by atoms with Crippen LogP contribution in [0.5, 0.6) is 0 Å². The Morgan fingerprint density at radius 2 is 1.79 bits per heavy atom. The second-order valence-corrected chi connectivity index (χ2v) is 8.31. The molecule has 2 aliphatic heterocycles. The number of hydrogen-bond acceptors (Lipinski definition) is 4. The predicted molar refractivity (Wildman–Crippen MR) is 109 cm³/mol. The van der Waals surface area contributed by atoms with Gasteiger partial charge >= 0.3 is 0 Å². The molecule has 1 aromatic rings. The first-order valence-electron chi connectivity index (χ1n) is 10.7. The minimum absolute atomic E-state index is 0.0470. The molecule has 0 aromatic heterocycles. The number of piperazine rings is 2. The molecule has 3 fully saturated rings. The lowest BCUT2D eigenvalue weighted by Crippen LogP contribution is -2.58. The second kappa shape index (κ2) is 8.95. The average molecular weight is 399 g/mol. The zero-order chi connectivity index (χ0) is 20.2. The van der Waals surface area contributed by atoms with Crippen LogP contribution in [-0.2, 0) is 20.9 Å². The zero-order valence-electron chi connectivity index (χ0n) is 16.9. The van der Waals surface area contributed by atoms with Gasteiger partial charge in [-0.15, -0.1) is 0 Å². The lowest BCUT2D eigenvalue weighted by molar-refractivity contribution is -0.148. The van der Waals surface area contributed by atoms with E-state index in [-0.39, 0.29) is 30.7 Å². The van der Waals surface area contributed by atoms with Crippen molar-refractivity contribution in [3.8, 4) is 0 Å². The summed E-state index contributed by atoms with van der Waals surface area (Å²) in [5.41, 5.74) is 1.13. The number of benzene rings is 1. The minimum Gasteiger partial charge on any atom is -0.353 e. The van der Waals surface area contributed by atoms with E-state index in [4.69, 9.17) is 0 Å². The third-order valence-corrected chi connectivity index (χ3v) is 6.41. The van der Waals surface area contributed by atoms with E-state index in [9.17, 15) is 14.4 Å². The van der Waals surface area contributed by atoms with Crippen LogP contribution in [0, 0.1) is 0 Å². The predicted octanol–water partition coefficient (Wildman–Crippen LogP) is 0.990. The number of carbonyl (C=O) groups excluding carboxylic acids is 3. The van der Waals surface area contributed by atoms with E-state index in [2.05, 4.69) is 10.2 Å². The molecule has 2 heterocycles. The molecule has 0 bridgehead atoms. The fourth-order valence-corrected chi connectivity index (χ4v) is 4.79. The van der Waals surface area contributed by atoms with Gasteiger partial charge in [-0.2, -0.15) is 0 Å². The molecule has 3 amide bonds. The summed E-state index contributed by atoms with van der Waals surface area (Å²) in [7, 11) is 0. The molecular weight excluding hydrogens is 368 g/mol. The van der Waals surface area contributed by atoms with Gasteiger partial charge in [-0.1, -0.05) is 43.2 Å². The van der Waals surface area contributed by atoms with Gasteiger partial charge in [0.25, 0.3) is 0 Å². The number of nitrogens with zero attached hydrogens (tertiary/aromatic N) is 3. The summed E-state index contributed by atoms with van der Waals surface area (Å²) < 4.78 is 0. The van der Waals surface area contributed by atoms with E-state index in [0.717, 1.165) is 18.4 Å². The van der Waals surface area contributed by atoms with Crippen LogP contribution in [0.2, 0.25) is 0 Å². The first kappa shape index (κ1) is 19.9. The van der Waals surface area contributed by atoms with Crippen molar-refractivity contribution in [2.75, 3.05) is 32.7 Å². The Bertz CT molecular complexity index is 748. The van der Waals surface area contributed by atoms with Gasteiger partial charge in [0.05, 0.1) is 19.0 Å². The summed E-state index contributed by atoms with van der Waals surface area (Å²) in [5.74, 6) is -0.160. The SMILES string of the molecule is O=C1NCCN(Cc2ccccc2)[C@@H]1CC(=O)N1CCN(C2CCCC2)C(=O)C1. The van der Waals surface area contributed by atoms with Gasteiger partial charge in [0.1, 0.15) is 0 Å². The number of hydrogen-bond donors (Lipinski definition) is 1. The van der Waals surface area contributed by atoms with Gasteiger partial charge in [-0.25, -0.2) is 0 Å². The minimum atomic E-state index is -0.487. The lowest BCUT2D eigenvalue weighted by Gasteiger charge is -2.39. The zero-order valence-corrected chi connectivity index (χ0v) is 16.9. The first-order chi connectivity index (χ1) is 14.1. The van der Waals surface area contributed by atoms with E-state index in [0.29, 0.717) is 38.8 Å². The highest BCUT2D eigenvalue weighted by molar-refractivity contribution is 5.91. The molecule has 0 radical (unpaired) electrons. The van der Waals surface area contributed by atoms with Crippen LogP contribution in [0.3, 0.4) is 0 Å². The van der Waals surface area contributed by atoms with Crippen LogP contribution in [0.1, 0.15) is 37.7 Å².